The van der Waals surface area contributed by atoms with Crippen LogP contribution in [-0.4, -0.2) is 34.4 Å². The maximum Gasteiger partial charge on any atom is 0.307 e. The van der Waals surface area contributed by atoms with Crippen molar-refractivity contribution in [1.82, 2.24) is 10.1 Å². The predicted octanol–water partition coefficient (Wildman–Crippen LogP) is 3.29. The van der Waals surface area contributed by atoms with Crippen LogP contribution in [0.25, 0.3) is 11.4 Å². The van der Waals surface area contributed by atoms with Crippen LogP contribution in [0.3, 0.4) is 0 Å². The van der Waals surface area contributed by atoms with Gasteiger partial charge in [-0.1, -0.05) is 29.4 Å². The maximum absolute atomic E-state index is 12.2. The number of ether oxygens (including phenoxy) is 2. The lowest BCUT2D eigenvalue weighted by molar-refractivity contribution is -0.146. The van der Waals surface area contributed by atoms with Crippen molar-refractivity contribution < 1.29 is 23.6 Å². The number of anilines is 1. The molecule has 0 aliphatic carbocycles. The van der Waals surface area contributed by atoms with Gasteiger partial charge in [0.1, 0.15) is 5.75 Å². The van der Waals surface area contributed by atoms with E-state index in [0.29, 0.717) is 17.1 Å². The number of fused-ring (bicyclic) bond motifs is 1. The van der Waals surface area contributed by atoms with Crippen molar-refractivity contribution in [2.45, 2.75) is 23.2 Å². The number of esters is 1. The maximum atomic E-state index is 12.2. The summed E-state index contributed by atoms with van der Waals surface area (Å²) in [6.07, 6.45) is -0.0572. The Balaban J connectivity index is 1.35. The Kier molecular flexibility index (Phi) is 5.48. The van der Waals surface area contributed by atoms with Gasteiger partial charge in [0.15, 0.2) is 6.61 Å². The second kappa shape index (κ2) is 8.36. The number of carbonyl (C=O) groups excluding carboxylic acids is 2. The first-order valence-corrected chi connectivity index (χ1v) is 9.70. The van der Waals surface area contributed by atoms with Crippen LogP contribution in [0.1, 0.15) is 12.3 Å². The number of amides is 1. The third-order valence-corrected chi connectivity index (χ3v) is 5.51. The van der Waals surface area contributed by atoms with Gasteiger partial charge >= 0.3 is 5.97 Å². The molecule has 0 saturated carbocycles. The summed E-state index contributed by atoms with van der Waals surface area (Å²) in [6.45, 7) is -0.170. The van der Waals surface area contributed by atoms with Crippen molar-refractivity contribution in [3.05, 3.63) is 54.4 Å². The van der Waals surface area contributed by atoms with E-state index in [1.807, 2.05) is 36.4 Å². The first kappa shape index (κ1) is 19.0. The van der Waals surface area contributed by atoms with Crippen LogP contribution in [0, 0.1) is 0 Å². The fourth-order valence-electron chi connectivity index (χ4n) is 2.83. The minimum absolute atomic E-state index is 0.0572. The number of nitrogens with zero attached hydrogens (tertiary/aromatic N) is 2. The molecule has 148 valence electrons. The predicted molar refractivity (Wildman–Crippen MR) is 105 cm³/mol. The number of para-hydroxylation sites is 2. The molecule has 0 bridgehead atoms. The third-order valence-electron chi connectivity index (χ3n) is 4.23. The normalized spacial score (nSPS) is 15.3. The molecule has 1 aliphatic heterocycles. The van der Waals surface area contributed by atoms with Crippen molar-refractivity contribution in [3.8, 4) is 17.1 Å². The van der Waals surface area contributed by atoms with Gasteiger partial charge in [-0.15, -0.1) is 11.8 Å². The topological polar surface area (TPSA) is 104 Å². The zero-order valence-electron chi connectivity index (χ0n) is 15.5. The molecule has 1 aliphatic rings. The largest absolute Gasteiger partial charge is 0.496 e. The van der Waals surface area contributed by atoms with E-state index >= 15 is 0 Å². The Hall–Kier alpha value is -3.33. The first-order valence-electron chi connectivity index (χ1n) is 8.82. The van der Waals surface area contributed by atoms with Crippen LogP contribution in [-0.2, 0) is 20.9 Å². The summed E-state index contributed by atoms with van der Waals surface area (Å²) in [4.78, 5) is 29.5. The highest BCUT2D eigenvalue weighted by Crippen LogP contribution is 2.36. The molecular weight excluding hydrogens is 394 g/mol. The molecule has 29 heavy (non-hydrogen) atoms. The molecule has 2 aromatic carbocycles. The molecule has 1 amide bonds. The molecule has 0 saturated heterocycles. The molecular formula is C20H17N3O5S. The quantitative estimate of drug-likeness (QED) is 0.616. The van der Waals surface area contributed by atoms with Crippen molar-refractivity contribution in [3.63, 3.8) is 0 Å². The van der Waals surface area contributed by atoms with Crippen LogP contribution >= 0.6 is 11.8 Å². The zero-order chi connectivity index (χ0) is 20.2. The van der Waals surface area contributed by atoms with Crippen LogP contribution in [0.4, 0.5) is 5.69 Å². The number of carbonyl (C=O) groups is 2. The third kappa shape index (κ3) is 4.24. The second-order valence-electron chi connectivity index (χ2n) is 6.17. The van der Waals surface area contributed by atoms with Crippen LogP contribution < -0.4 is 10.1 Å². The highest BCUT2D eigenvalue weighted by Gasteiger charge is 2.29. The van der Waals surface area contributed by atoms with Gasteiger partial charge in [0, 0.05) is 4.90 Å². The molecule has 1 N–H and O–H groups in total. The van der Waals surface area contributed by atoms with Crippen LogP contribution in [0.2, 0.25) is 0 Å². The number of hydrogen-bond donors (Lipinski definition) is 1. The lowest BCUT2D eigenvalue weighted by atomic mass is 10.2. The fraction of sp³-hybridized carbons (Fsp3) is 0.200. The van der Waals surface area contributed by atoms with Gasteiger partial charge in [-0.25, -0.2) is 0 Å². The van der Waals surface area contributed by atoms with Crippen molar-refractivity contribution >= 4 is 29.3 Å². The van der Waals surface area contributed by atoms with Crippen molar-refractivity contribution in [2.24, 2.45) is 0 Å². The lowest BCUT2D eigenvalue weighted by Crippen LogP contribution is -2.31. The highest BCUT2D eigenvalue weighted by atomic mass is 32.2. The van der Waals surface area contributed by atoms with Gasteiger partial charge in [0.2, 0.25) is 11.7 Å². The second-order valence-corrected chi connectivity index (χ2v) is 7.41. The van der Waals surface area contributed by atoms with Gasteiger partial charge in [-0.2, -0.15) is 4.98 Å². The zero-order valence-corrected chi connectivity index (χ0v) is 16.3. The van der Waals surface area contributed by atoms with E-state index in [1.54, 1.807) is 19.2 Å². The number of nitrogens with one attached hydrogen (secondary N) is 1. The molecule has 0 spiro atoms. The van der Waals surface area contributed by atoms with Gasteiger partial charge < -0.3 is 19.3 Å². The minimum atomic E-state index is -0.552. The molecule has 0 fully saturated rings. The van der Waals surface area contributed by atoms with E-state index in [2.05, 4.69) is 15.5 Å². The Morgan fingerprint density at radius 2 is 2.00 bits per heavy atom. The molecule has 4 rings (SSSR count). The summed E-state index contributed by atoms with van der Waals surface area (Å²) in [5, 5.41) is 6.15. The Bertz CT molecular complexity index is 1050. The SMILES string of the molecule is COc1ccccc1-c1noc(COC(=O)C[C@H]2Sc3ccccc3NC2=O)n1. The van der Waals surface area contributed by atoms with E-state index in [1.165, 1.54) is 11.8 Å². The van der Waals surface area contributed by atoms with E-state index in [-0.39, 0.29) is 24.8 Å². The van der Waals surface area contributed by atoms with E-state index in [9.17, 15) is 9.59 Å². The van der Waals surface area contributed by atoms with E-state index in [4.69, 9.17) is 14.0 Å². The number of rotatable bonds is 6. The summed E-state index contributed by atoms with van der Waals surface area (Å²) in [7, 11) is 1.55. The average Bonchev–Trinajstić information content (AvgIpc) is 3.21. The molecule has 1 aromatic heterocycles. The lowest BCUT2D eigenvalue weighted by Gasteiger charge is -2.23. The molecule has 0 unspecified atom stereocenters. The Morgan fingerprint density at radius 1 is 1.21 bits per heavy atom. The smallest absolute Gasteiger partial charge is 0.307 e. The molecule has 3 aromatic rings. The monoisotopic (exact) mass is 411 g/mol. The molecule has 2 heterocycles. The minimum Gasteiger partial charge on any atom is -0.496 e. The van der Waals surface area contributed by atoms with Crippen molar-refractivity contribution in [2.75, 3.05) is 12.4 Å². The van der Waals surface area contributed by atoms with Gasteiger partial charge in [-0.05, 0) is 24.3 Å². The number of aromatic nitrogens is 2. The Labute approximate surface area is 170 Å². The van der Waals surface area contributed by atoms with Crippen LogP contribution in [0.5, 0.6) is 5.75 Å². The molecule has 9 heteroatoms. The van der Waals surface area contributed by atoms with Gasteiger partial charge in [-0.3, -0.25) is 9.59 Å². The number of thioether (sulfide) groups is 1. The van der Waals surface area contributed by atoms with Crippen LogP contribution in [0.15, 0.2) is 57.9 Å². The molecule has 1 atom stereocenters. The first-order chi connectivity index (χ1) is 14.1. The summed E-state index contributed by atoms with van der Waals surface area (Å²) >= 11 is 1.34. The number of methoxy groups -OCH3 is 1. The number of hydrogen-bond acceptors (Lipinski definition) is 8. The summed E-state index contributed by atoms with van der Waals surface area (Å²) in [5.41, 5.74) is 1.42. The van der Waals surface area contributed by atoms with E-state index in [0.717, 1.165) is 10.6 Å². The summed E-state index contributed by atoms with van der Waals surface area (Å²) in [5.74, 6) is 0.367. The average molecular weight is 411 g/mol. The van der Waals surface area contributed by atoms with Crippen molar-refractivity contribution in [1.29, 1.82) is 0 Å². The summed E-state index contributed by atoms with van der Waals surface area (Å²) in [6, 6.07) is 14.7. The molecule has 8 nitrogen and oxygen atoms in total. The highest BCUT2D eigenvalue weighted by molar-refractivity contribution is 8.01. The number of benzene rings is 2. The van der Waals surface area contributed by atoms with Gasteiger partial charge in [0.05, 0.1) is 30.0 Å². The standard InChI is InChI=1S/C20H17N3O5S/c1-26-14-8-4-2-6-12(14)19-22-17(28-23-19)11-27-18(24)10-16-20(25)21-13-7-3-5-9-15(13)29-16/h2-9,16H,10-11H2,1H3,(H,21,25)/t16-/m1/s1. The summed E-state index contributed by atoms with van der Waals surface area (Å²) < 4.78 is 15.6. The van der Waals surface area contributed by atoms with E-state index < -0.39 is 11.2 Å². The van der Waals surface area contributed by atoms with Gasteiger partial charge in [0.25, 0.3) is 5.89 Å². The Morgan fingerprint density at radius 3 is 2.86 bits per heavy atom. The molecule has 0 radical (unpaired) electrons. The fourth-order valence-corrected chi connectivity index (χ4v) is 3.93.